The first-order valence-corrected chi connectivity index (χ1v) is 12.3. The van der Waals surface area contributed by atoms with Gasteiger partial charge in [0.15, 0.2) is 17.7 Å². The molecular formula is C25H31N4O3S+. The van der Waals surface area contributed by atoms with E-state index in [4.69, 9.17) is 15.2 Å². The molecule has 0 saturated carbocycles. The third-order valence-electron chi connectivity index (χ3n) is 7.02. The van der Waals surface area contributed by atoms with E-state index in [1.54, 1.807) is 26.0 Å². The summed E-state index contributed by atoms with van der Waals surface area (Å²) >= 11 is 1.63. The number of nitrogens with two attached hydrogens (primary N) is 1. The summed E-state index contributed by atoms with van der Waals surface area (Å²) in [6.45, 7) is 0.628. The molecule has 0 aromatic heterocycles. The number of ether oxygens (including phenoxy) is 2. The zero-order valence-electron chi connectivity index (χ0n) is 19.2. The lowest BCUT2D eigenvalue weighted by molar-refractivity contribution is -0.396. The van der Waals surface area contributed by atoms with E-state index in [1.165, 1.54) is 11.3 Å². The van der Waals surface area contributed by atoms with Crippen LogP contribution < -0.4 is 25.8 Å². The molecule has 5 atom stereocenters. The Kier molecular flexibility index (Phi) is 5.97. The van der Waals surface area contributed by atoms with Crippen LogP contribution in [0.2, 0.25) is 0 Å². The van der Waals surface area contributed by atoms with Gasteiger partial charge in [-0.25, -0.2) is 4.58 Å². The van der Waals surface area contributed by atoms with Crippen LogP contribution in [0.25, 0.3) is 0 Å². The second-order valence-corrected chi connectivity index (χ2v) is 10.2. The lowest BCUT2D eigenvalue weighted by Crippen LogP contribution is -2.46. The Balaban J connectivity index is 1.21. The van der Waals surface area contributed by atoms with Gasteiger partial charge in [0.25, 0.3) is 0 Å². The van der Waals surface area contributed by atoms with Gasteiger partial charge in [-0.1, -0.05) is 18.2 Å². The van der Waals surface area contributed by atoms with Crippen molar-refractivity contribution in [1.82, 2.24) is 5.32 Å². The van der Waals surface area contributed by atoms with E-state index in [-0.39, 0.29) is 28.5 Å². The highest BCUT2D eigenvalue weighted by Gasteiger charge is 2.47. The van der Waals surface area contributed by atoms with Crippen LogP contribution in [0.15, 0.2) is 36.4 Å². The molecule has 3 aliphatic rings. The predicted octanol–water partition coefficient (Wildman–Crippen LogP) is 2.71. The van der Waals surface area contributed by atoms with Crippen molar-refractivity contribution in [2.75, 3.05) is 33.1 Å². The zero-order chi connectivity index (χ0) is 23.1. The number of nitrogens with one attached hydrogen (secondary N) is 2. The number of hydrogen-bond donors (Lipinski definition) is 3. The van der Waals surface area contributed by atoms with Gasteiger partial charge in [-0.05, 0) is 24.5 Å². The van der Waals surface area contributed by atoms with Gasteiger partial charge in [-0.15, -0.1) is 11.8 Å². The summed E-state index contributed by atoms with van der Waals surface area (Å²) in [5, 5.41) is 6.55. The standard InChI is InChI=1S/C25H30N4O3S/c1-29-13-14(16-6-4-5-7-19(16)29)8-9-27-24(30)23-22(26)17-10-15-11-20(31-2)21(32-3)12-18(15)28-25(17)33-23/h4-7,11-14,17,22-23,25,28H,8-10,26H2,1-3H3/p+1. The Morgan fingerprint density at radius 3 is 2.79 bits per heavy atom. The Morgan fingerprint density at radius 2 is 2.00 bits per heavy atom. The van der Waals surface area contributed by atoms with Gasteiger partial charge >= 0.3 is 0 Å². The number of benzene rings is 2. The SMILES string of the molecule is COc1cc2c(cc1OC)NC1SC(C(=O)NCCC3C=[N+](C)c4ccccc43)C(N)C1C2. The fourth-order valence-corrected chi connectivity index (χ4v) is 6.84. The Hall–Kier alpha value is -2.71. The zero-order valence-corrected chi connectivity index (χ0v) is 20.0. The largest absolute Gasteiger partial charge is 0.493 e. The van der Waals surface area contributed by atoms with Crippen LogP contribution in [0.3, 0.4) is 0 Å². The monoisotopic (exact) mass is 467 g/mol. The number of hydrogen-bond acceptors (Lipinski definition) is 6. The van der Waals surface area contributed by atoms with Gasteiger partial charge in [-0.2, -0.15) is 0 Å². The van der Waals surface area contributed by atoms with Crippen molar-refractivity contribution in [3.63, 3.8) is 0 Å². The number of fused-ring (bicyclic) bond motifs is 3. The van der Waals surface area contributed by atoms with E-state index in [0.717, 1.165) is 24.1 Å². The molecule has 1 saturated heterocycles. The molecule has 0 spiro atoms. The Bertz CT molecular complexity index is 1110. The number of para-hydroxylation sites is 1. The fraction of sp³-hybridized carbons (Fsp3) is 0.440. The van der Waals surface area contributed by atoms with E-state index in [1.807, 2.05) is 12.1 Å². The molecule has 3 heterocycles. The maximum Gasteiger partial charge on any atom is 0.234 e. The van der Waals surface area contributed by atoms with Crippen molar-refractivity contribution < 1.29 is 18.8 Å². The van der Waals surface area contributed by atoms with Crippen LogP contribution in [0.4, 0.5) is 11.4 Å². The molecule has 5 rings (SSSR count). The van der Waals surface area contributed by atoms with Gasteiger partial charge in [0, 0.05) is 41.9 Å². The molecule has 0 radical (unpaired) electrons. The van der Waals surface area contributed by atoms with Crippen LogP contribution in [0.5, 0.6) is 11.5 Å². The first-order valence-electron chi connectivity index (χ1n) is 11.4. The number of carbonyl (C=O) groups excluding carboxylic acids is 1. The second-order valence-electron chi connectivity index (χ2n) is 8.94. The molecule has 3 aliphatic heterocycles. The number of amides is 1. The van der Waals surface area contributed by atoms with Crippen molar-refractivity contribution in [3.05, 3.63) is 47.5 Å². The van der Waals surface area contributed by atoms with Crippen molar-refractivity contribution in [3.8, 4) is 11.5 Å². The highest BCUT2D eigenvalue weighted by atomic mass is 32.2. The number of anilines is 1. The third-order valence-corrected chi connectivity index (χ3v) is 8.60. The summed E-state index contributed by atoms with van der Waals surface area (Å²) in [4.78, 5) is 13.1. The summed E-state index contributed by atoms with van der Waals surface area (Å²) in [7, 11) is 5.35. The van der Waals surface area contributed by atoms with Crippen molar-refractivity contribution >= 4 is 35.3 Å². The smallest absolute Gasteiger partial charge is 0.234 e. The lowest BCUT2D eigenvalue weighted by atomic mass is 9.87. The first kappa shape index (κ1) is 22.1. The Labute approximate surface area is 198 Å². The number of rotatable bonds is 6. The molecule has 2 aromatic rings. The molecule has 1 fully saturated rings. The molecule has 8 heteroatoms. The minimum absolute atomic E-state index is 0.0301. The molecule has 0 bridgehead atoms. The molecule has 1 amide bonds. The van der Waals surface area contributed by atoms with Crippen LogP contribution in [-0.4, -0.2) is 61.2 Å². The number of thioether (sulfide) groups is 1. The molecule has 7 nitrogen and oxygen atoms in total. The fourth-order valence-electron chi connectivity index (χ4n) is 5.26. The average Bonchev–Trinajstić information content (AvgIpc) is 3.33. The van der Waals surface area contributed by atoms with Gasteiger partial charge < -0.3 is 25.8 Å². The molecule has 2 aromatic carbocycles. The Morgan fingerprint density at radius 1 is 1.24 bits per heavy atom. The van der Waals surface area contributed by atoms with Gasteiger partial charge in [0.1, 0.15) is 12.3 Å². The molecule has 4 N–H and O–H groups in total. The second kappa shape index (κ2) is 8.91. The summed E-state index contributed by atoms with van der Waals surface area (Å²) in [5.74, 6) is 1.93. The minimum Gasteiger partial charge on any atom is -0.493 e. The predicted molar refractivity (Wildman–Crippen MR) is 132 cm³/mol. The van der Waals surface area contributed by atoms with E-state index < -0.39 is 0 Å². The van der Waals surface area contributed by atoms with Crippen molar-refractivity contribution in [1.29, 1.82) is 0 Å². The van der Waals surface area contributed by atoms with Crippen molar-refractivity contribution in [2.45, 2.75) is 35.4 Å². The topological polar surface area (TPSA) is 88.6 Å². The van der Waals surface area contributed by atoms with Crippen molar-refractivity contribution in [2.24, 2.45) is 11.7 Å². The summed E-state index contributed by atoms with van der Waals surface area (Å²) in [5.41, 5.74) is 11.3. The summed E-state index contributed by atoms with van der Waals surface area (Å²) < 4.78 is 13.1. The van der Waals surface area contributed by atoms with Crippen LogP contribution >= 0.6 is 11.8 Å². The summed E-state index contributed by atoms with van der Waals surface area (Å²) in [6, 6.07) is 12.2. The average molecular weight is 468 g/mol. The third kappa shape index (κ3) is 3.95. The number of carbonyl (C=O) groups is 1. The first-order chi connectivity index (χ1) is 16.0. The maximum absolute atomic E-state index is 13.1. The van der Waals surface area contributed by atoms with Gasteiger partial charge in [0.2, 0.25) is 11.6 Å². The highest BCUT2D eigenvalue weighted by molar-refractivity contribution is 8.01. The molecular weight excluding hydrogens is 436 g/mol. The number of nitrogens with zero attached hydrogens (tertiary/aromatic N) is 1. The van der Waals surface area contributed by atoms with E-state index >= 15 is 0 Å². The molecule has 174 valence electrons. The number of methoxy groups -OCH3 is 2. The summed E-state index contributed by atoms with van der Waals surface area (Å²) in [6.07, 6.45) is 3.91. The highest BCUT2D eigenvalue weighted by Crippen LogP contribution is 2.46. The van der Waals surface area contributed by atoms with E-state index in [2.05, 4.69) is 52.7 Å². The van der Waals surface area contributed by atoms with Crippen LogP contribution in [-0.2, 0) is 11.2 Å². The molecule has 0 aliphatic carbocycles. The maximum atomic E-state index is 13.1. The van der Waals surface area contributed by atoms with Crippen LogP contribution in [0, 0.1) is 5.92 Å². The van der Waals surface area contributed by atoms with E-state index in [0.29, 0.717) is 24.0 Å². The lowest BCUT2D eigenvalue weighted by Gasteiger charge is -2.31. The normalized spacial score (nSPS) is 27.0. The van der Waals surface area contributed by atoms with Crippen LogP contribution in [0.1, 0.15) is 23.5 Å². The van der Waals surface area contributed by atoms with E-state index in [9.17, 15) is 4.79 Å². The van der Waals surface area contributed by atoms with Gasteiger partial charge in [0.05, 0.1) is 25.5 Å². The minimum atomic E-state index is -0.270. The molecule has 33 heavy (non-hydrogen) atoms. The molecule has 5 unspecified atom stereocenters. The van der Waals surface area contributed by atoms with Gasteiger partial charge in [-0.3, -0.25) is 4.79 Å². The quantitative estimate of drug-likeness (QED) is 0.566.